The van der Waals surface area contributed by atoms with Gasteiger partial charge in [0.15, 0.2) is 5.78 Å². The van der Waals surface area contributed by atoms with E-state index in [1.54, 1.807) is 16.7 Å². The molecule has 7 heteroatoms. The van der Waals surface area contributed by atoms with E-state index in [9.17, 15) is 9.59 Å². The van der Waals surface area contributed by atoms with Gasteiger partial charge >= 0.3 is 0 Å². The van der Waals surface area contributed by atoms with Gasteiger partial charge in [0.25, 0.3) is 0 Å². The van der Waals surface area contributed by atoms with Gasteiger partial charge in [-0.3, -0.25) is 9.59 Å². The molecule has 1 aliphatic rings. The molecule has 1 aliphatic heterocycles. The van der Waals surface area contributed by atoms with Crippen molar-refractivity contribution in [3.63, 3.8) is 0 Å². The third-order valence-electron chi connectivity index (χ3n) is 4.83. The Kier molecular flexibility index (Phi) is 9.03. The number of Topliss-reactive ketones (excluding diaryl/α,β-unsaturated/α-hetero) is 1. The number of nitrogens with zero attached hydrogens (tertiary/aromatic N) is 1. The van der Waals surface area contributed by atoms with Crippen LogP contribution in [0.5, 0.6) is 0 Å². The number of hydrogen-bond donors (Lipinski definition) is 1. The summed E-state index contributed by atoms with van der Waals surface area (Å²) in [5, 5.41) is 0.651. The molecule has 2 N–H and O–H groups in total. The summed E-state index contributed by atoms with van der Waals surface area (Å²) >= 11 is 7.54. The van der Waals surface area contributed by atoms with Gasteiger partial charge in [0.2, 0.25) is 5.91 Å². The maximum Gasteiger partial charge on any atom is 0.245 e. The van der Waals surface area contributed by atoms with Crippen molar-refractivity contribution in [1.29, 1.82) is 0 Å². The van der Waals surface area contributed by atoms with Crippen molar-refractivity contribution in [3.8, 4) is 0 Å². The van der Waals surface area contributed by atoms with Gasteiger partial charge in [-0.2, -0.15) is 0 Å². The van der Waals surface area contributed by atoms with E-state index in [0.29, 0.717) is 29.3 Å². The van der Waals surface area contributed by atoms with Crippen molar-refractivity contribution >= 4 is 53.1 Å². The van der Waals surface area contributed by atoms with Crippen LogP contribution in [0.3, 0.4) is 0 Å². The van der Waals surface area contributed by atoms with Crippen molar-refractivity contribution < 1.29 is 9.59 Å². The van der Waals surface area contributed by atoms with Crippen LogP contribution in [0, 0.1) is 0 Å². The van der Waals surface area contributed by atoms with Crippen molar-refractivity contribution in [2.24, 2.45) is 5.73 Å². The lowest BCUT2D eigenvalue weighted by Gasteiger charge is -2.25. The molecule has 0 saturated carbocycles. The number of carbonyl (C=O) groups excluding carboxylic acids is 2. The minimum Gasteiger partial charge on any atom is -0.319 e. The van der Waals surface area contributed by atoms with Crippen molar-refractivity contribution in [2.45, 2.75) is 50.1 Å². The van der Waals surface area contributed by atoms with Crippen LogP contribution in [-0.4, -0.2) is 23.5 Å². The average Bonchev–Trinajstić information content (AvgIpc) is 2.81. The van der Waals surface area contributed by atoms with Gasteiger partial charge in [-0.1, -0.05) is 49.6 Å². The van der Waals surface area contributed by atoms with Crippen molar-refractivity contribution in [3.05, 3.63) is 58.6 Å². The Bertz CT molecular complexity index is 858. The lowest BCUT2D eigenvalue weighted by molar-refractivity contribution is -0.119. The summed E-state index contributed by atoms with van der Waals surface area (Å²) < 4.78 is 0. The molecule has 2 aromatic rings. The molecule has 0 radical (unpaired) electrons. The Morgan fingerprint density at radius 3 is 2.62 bits per heavy atom. The van der Waals surface area contributed by atoms with Crippen LogP contribution in [0.4, 0.5) is 5.69 Å². The lowest BCUT2D eigenvalue weighted by atomic mass is 10.0. The number of ketones is 1. The third-order valence-corrected chi connectivity index (χ3v) is 6.27. The minimum absolute atomic E-state index is 0. The molecule has 0 fully saturated rings. The normalized spacial score (nSPS) is 16.0. The topological polar surface area (TPSA) is 63.4 Å². The number of rotatable bonds is 7. The van der Waals surface area contributed by atoms with Gasteiger partial charge in [-0.15, -0.1) is 24.2 Å². The Labute approximate surface area is 187 Å². The number of halogens is 2. The number of fused-ring (bicyclic) bond motifs is 1. The fourth-order valence-electron chi connectivity index (χ4n) is 3.21. The van der Waals surface area contributed by atoms with E-state index in [1.807, 2.05) is 42.5 Å². The van der Waals surface area contributed by atoms with E-state index >= 15 is 0 Å². The predicted molar refractivity (Wildman–Crippen MR) is 124 cm³/mol. The third kappa shape index (κ3) is 5.98. The standard InChI is InChI=1S/C22H25ClN2O2S.ClH/c1-2-3-4-5-20(26)16-8-11-21-19(12-16)25(22(27)18(24)14-28-21)13-15-6-9-17(23)10-7-15;/h6-12,18H,2-5,13-14,24H2,1H3;1H/t18-;/m0./s1. The average molecular weight is 453 g/mol. The molecule has 0 unspecified atom stereocenters. The molecule has 156 valence electrons. The number of carbonyl (C=O) groups is 2. The molecule has 2 aromatic carbocycles. The number of anilines is 1. The summed E-state index contributed by atoms with van der Waals surface area (Å²) in [4.78, 5) is 28.2. The maximum atomic E-state index is 12.9. The molecule has 4 nitrogen and oxygen atoms in total. The Morgan fingerprint density at radius 2 is 1.93 bits per heavy atom. The molecular formula is C22H26Cl2N2O2S. The summed E-state index contributed by atoms with van der Waals surface area (Å²) in [5.74, 6) is 0.512. The van der Waals surface area contributed by atoms with E-state index in [2.05, 4.69) is 6.92 Å². The van der Waals surface area contributed by atoms with Crippen LogP contribution >= 0.6 is 35.8 Å². The smallest absolute Gasteiger partial charge is 0.245 e. The number of amides is 1. The monoisotopic (exact) mass is 452 g/mol. The number of hydrogen-bond acceptors (Lipinski definition) is 4. The molecular weight excluding hydrogens is 427 g/mol. The molecule has 0 aliphatic carbocycles. The van der Waals surface area contributed by atoms with Crippen LogP contribution in [0.15, 0.2) is 47.4 Å². The zero-order valence-electron chi connectivity index (χ0n) is 16.4. The van der Waals surface area contributed by atoms with E-state index in [0.717, 1.165) is 35.4 Å². The molecule has 29 heavy (non-hydrogen) atoms. The SMILES string of the molecule is CCCCCC(=O)c1ccc2c(c1)N(Cc1ccc(Cl)cc1)C(=O)[C@@H](N)CS2.Cl. The van der Waals surface area contributed by atoms with Gasteiger partial charge in [0, 0.05) is 27.7 Å². The highest BCUT2D eigenvalue weighted by Crippen LogP contribution is 2.36. The highest BCUT2D eigenvalue weighted by atomic mass is 35.5. The lowest BCUT2D eigenvalue weighted by Crippen LogP contribution is -2.44. The van der Waals surface area contributed by atoms with Gasteiger partial charge in [-0.05, 0) is 36.2 Å². The Balaban J connectivity index is 0.00000300. The highest BCUT2D eigenvalue weighted by molar-refractivity contribution is 7.99. The molecule has 0 saturated heterocycles. The fraction of sp³-hybridized carbons (Fsp3) is 0.364. The van der Waals surface area contributed by atoms with Crippen LogP contribution < -0.4 is 10.6 Å². The molecule has 0 bridgehead atoms. The van der Waals surface area contributed by atoms with Gasteiger partial charge in [-0.25, -0.2) is 0 Å². The summed E-state index contributed by atoms with van der Waals surface area (Å²) in [6.45, 7) is 2.51. The quantitative estimate of drug-likeness (QED) is 0.445. The van der Waals surface area contributed by atoms with Crippen LogP contribution in [0.2, 0.25) is 5.02 Å². The van der Waals surface area contributed by atoms with E-state index in [-0.39, 0.29) is 24.1 Å². The minimum atomic E-state index is -0.576. The van der Waals surface area contributed by atoms with Crippen LogP contribution in [0.1, 0.15) is 48.5 Å². The van der Waals surface area contributed by atoms with Gasteiger partial charge in [0.1, 0.15) is 0 Å². The largest absolute Gasteiger partial charge is 0.319 e. The first-order chi connectivity index (χ1) is 13.5. The van der Waals surface area contributed by atoms with Crippen molar-refractivity contribution in [1.82, 2.24) is 0 Å². The molecule has 0 aromatic heterocycles. The zero-order chi connectivity index (χ0) is 20.1. The molecule has 1 amide bonds. The number of unbranched alkanes of at least 4 members (excludes halogenated alkanes) is 2. The Hall–Kier alpha value is -1.53. The van der Waals surface area contributed by atoms with Gasteiger partial charge in [0.05, 0.1) is 18.3 Å². The first-order valence-electron chi connectivity index (χ1n) is 9.61. The fourth-order valence-corrected chi connectivity index (χ4v) is 4.32. The number of benzene rings is 2. The second kappa shape index (κ2) is 11.0. The van der Waals surface area contributed by atoms with E-state index in [1.165, 1.54) is 0 Å². The van der Waals surface area contributed by atoms with Crippen LogP contribution in [0.25, 0.3) is 0 Å². The van der Waals surface area contributed by atoms with Gasteiger partial charge < -0.3 is 10.6 Å². The molecule has 3 rings (SSSR count). The molecule has 0 spiro atoms. The zero-order valence-corrected chi connectivity index (χ0v) is 18.8. The van der Waals surface area contributed by atoms with Crippen LogP contribution in [-0.2, 0) is 11.3 Å². The number of thioether (sulfide) groups is 1. The first kappa shape index (κ1) is 23.7. The first-order valence-corrected chi connectivity index (χ1v) is 11.0. The van der Waals surface area contributed by atoms with E-state index in [4.69, 9.17) is 17.3 Å². The Morgan fingerprint density at radius 1 is 1.21 bits per heavy atom. The predicted octanol–water partition coefficient (Wildman–Crippen LogP) is 5.49. The van der Waals surface area contributed by atoms with E-state index < -0.39 is 6.04 Å². The second-order valence-electron chi connectivity index (χ2n) is 7.03. The molecule has 1 heterocycles. The highest BCUT2D eigenvalue weighted by Gasteiger charge is 2.29. The summed E-state index contributed by atoms with van der Waals surface area (Å²) in [6.07, 6.45) is 3.54. The van der Waals surface area contributed by atoms with Crippen molar-refractivity contribution in [2.75, 3.05) is 10.7 Å². The summed E-state index contributed by atoms with van der Waals surface area (Å²) in [7, 11) is 0. The number of nitrogens with two attached hydrogens (primary N) is 1. The summed E-state index contributed by atoms with van der Waals surface area (Å²) in [6, 6.07) is 12.5. The summed E-state index contributed by atoms with van der Waals surface area (Å²) in [5.41, 5.74) is 8.48. The molecule has 1 atom stereocenters. The second-order valence-corrected chi connectivity index (χ2v) is 8.53. The maximum absolute atomic E-state index is 12.9.